The van der Waals surface area contributed by atoms with Gasteiger partial charge < -0.3 is 5.11 Å². The van der Waals surface area contributed by atoms with Crippen molar-refractivity contribution in [3.63, 3.8) is 0 Å². The minimum atomic E-state index is 0.250. The summed E-state index contributed by atoms with van der Waals surface area (Å²) in [5.41, 5.74) is 2.53. The Hall–Kier alpha value is -2.42. The van der Waals surface area contributed by atoms with E-state index in [-0.39, 0.29) is 5.75 Å². The fraction of sp³-hybridized carbons (Fsp3) is 0.125. The molecule has 0 aliphatic heterocycles. The Kier molecular flexibility index (Phi) is 4.08. The highest BCUT2D eigenvalue weighted by Crippen LogP contribution is 2.22. The van der Waals surface area contributed by atoms with Gasteiger partial charge in [-0.1, -0.05) is 24.3 Å². The van der Waals surface area contributed by atoms with Crippen LogP contribution in [0, 0.1) is 6.92 Å². The minimum Gasteiger partial charge on any atom is -0.507 e. The third-order valence-electron chi connectivity index (χ3n) is 2.82. The Morgan fingerprint density at radius 1 is 1.32 bits per heavy atom. The van der Waals surface area contributed by atoms with Crippen molar-refractivity contribution in [2.75, 3.05) is 0 Å². The molecular formula is C16H16N2O. The molecule has 0 fully saturated rings. The van der Waals surface area contributed by atoms with Gasteiger partial charge in [0.2, 0.25) is 0 Å². The summed E-state index contributed by atoms with van der Waals surface area (Å²) in [6.07, 6.45) is 5.74. The molecule has 0 bridgehead atoms. The highest BCUT2D eigenvalue weighted by molar-refractivity contribution is 5.85. The molecule has 19 heavy (non-hydrogen) atoms. The molecular weight excluding hydrogens is 236 g/mol. The van der Waals surface area contributed by atoms with Crippen molar-refractivity contribution < 1.29 is 5.11 Å². The summed E-state index contributed by atoms with van der Waals surface area (Å²) in [5.74, 6) is 0.913. The Morgan fingerprint density at radius 3 is 2.89 bits per heavy atom. The van der Waals surface area contributed by atoms with Crippen molar-refractivity contribution >= 4 is 12.0 Å². The first kappa shape index (κ1) is 13.0. The van der Waals surface area contributed by atoms with Crippen LogP contribution in [-0.4, -0.2) is 16.3 Å². The van der Waals surface area contributed by atoms with Crippen LogP contribution in [0.5, 0.6) is 5.75 Å². The van der Waals surface area contributed by atoms with Gasteiger partial charge in [-0.15, -0.1) is 6.58 Å². The van der Waals surface area contributed by atoms with Gasteiger partial charge in [0.1, 0.15) is 5.75 Å². The average Bonchev–Trinajstić information content (AvgIpc) is 2.42. The van der Waals surface area contributed by atoms with E-state index in [2.05, 4.69) is 16.6 Å². The lowest BCUT2D eigenvalue weighted by Crippen LogP contribution is -1.89. The van der Waals surface area contributed by atoms with Crippen LogP contribution in [0.3, 0.4) is 0 Å². The second-order valence-electron chi connectivity index (χ2n) is 4.25. The SMILES string of the molecule is C=CCc1cccc(/C=N/c2ncccc2C)c1O. The van der Waals surface area contributed by atoms with Crippen molar-refractivity contribution in [3.05, 3.63) is 65.9 Å². The number of nitrogens with zero attached hydrogens (tertiary/aromatic N) is 2. The van der Waals surface area contributed by atoms with Crippen LogP contribution in [0.1, 0.15) is 16.7 Å². The zero-order chi connectivity index (χ0) is 13.7. The average molecular weight is 252 g/mol. The number of aromatic nitrogens is 1. The van der Waals surface area contributed by atoms with Crippen LogP contribution < -0.4 is 0 Å². The largest absolute Gasteiger partial charge is 0.507 e. The molecule has 3 heteroatoms. The van der Waals surface area contributed by atoms with Crippen LogP contribution in [0.25, 0.3) is 0 Å². The van der Waals surface area contributed by atoms with Crippen LogP contribution in [0.15, 0.2) is 54.2 Å². The Labute approximate surface area is 113 Å². The normalized spacial score (nSPS) is 10.8. The van der Waals surface area contributed by atoms with Crippen molar-refractivity contribution in [2.45, 2.75) is 13.3 Å². The lowest BCUT2D eigenvalue weighted by atomic mass is 10.1. The third-order valence-corrected chi connectivity index (χ3v) is 2.82. The van der Waals surface area contributed by atoms with E-state index in [9.17, 15) is 5.11 Å². The molecule has 0 aliphatic carbocycles. The first-order chi connectivity index (χ1) is 9.22. The number of benzene rings is 1. The first-order valence-corrected chi connectivity index (χ1v) is 6.10. The smallest absolute Gasteiger partial charge is 0.154 e. The van der Waals surface area contributed by atoms with Gasteiger partial charge in [0.15, 0.2) is 5.82 Å². The maximum absolute atomic E-state index is 10.1. The molecule has 0 spiro atoms. The van der Waals surface area contributed by atoms with Gasteiger partial charge >= 0.3 is 0 Å². The zero-order valence-electron chi connectivity index (χ0n) is 10.9. The lowest BCUT2D eigenvalue weighted by Gasteiger charge is -2.04. The number of hydrogen-bond donors (Lipinski definition) is 1. The van der Waals surface area contributed by atoms with Gasteiger partial charge in [0.25, 0.3) is 0 Å². The summed E-state index contributed by atoms with van der Waals surface area (Å²) in [5, 5.41) is 10.1. The molecule has 0 radical (unpaired) electrons. The van der Waals surface area contributed by atoms with Gasteiger partial charge in [0, 0.05) is 18.0 Å². The number of phenols is 1. The molecule has 0 unspecified atom stereocenters. The number of para-hydroxylation sites is 1. The molecule has 0 atom stereocenters. The van der Waals surface area contributed by atoms with E-state index in [4.69, 9.17) is 0 Å². The monoisotopic (exact) mass is 252 g/mol. The van der Waals surface area contributed by atoms with Gasteiger partial charge in [-0.2, -0.15) is 0 Å². The lowest BCUT2D eigenvalue weighted by molar-refractivity contribution is 0.469. The topological polar surface area (TPSA) is 45.5 Å². The van der Waals surface area contributed by atoms with Crippen molar-refractivity contribution in [3.8, 4) is 5.75 Å². The van der Waals surface area contributed by atoms with E-state index in [1.165, 1.54) is 0 Å². The van der Waals surface area contributed by atoms with Gasteiger partial charge in [-0.05, 0) is 36.6 Å². The molecule has 1 heterocycles. The van der Waals surface area contributed by atoms with Crippen LogP contribution >= 0.6 is 0 Å². The predicted molar refractivity (Wildman–Crippen MR) is 78.2 cm³/mol. The summed E-state index contributed by atoms with van der Waals surface area (Å²) in [6.45, 7) is 5.63. The number of aryl methyl sites for hydroxylation is 1. The van der Waals surface area contributed by atoms with E-state index >= 15 is 0 Å². The minimum absolute atomic E-state index is 0.250. The molecule has 0 saturated heterocycles. The Bertz CT molecular complexity index is 618. The molecule has 0 amide bonds. The number of phenolic OH excluding ortho intramolecular Hbond substituents is 1. The molecule has 3 nitrogen and oxygen atoms in total. The fourth-order valence-corrected chi connectivity index (χ4v) is 1.78. The number of aliphatic imine (C=N–C) groups is 1. The highest BCUT2D eigenvalue weighted by Gasteiger charge is 2.04. The van der Waals surface area contributed by atoms with Crippen molar-refractivity contribution in [1.29, 1.82) is 0 Å². The van der Waals surface area contributed by atoms with Gasteiger partial charge in [-0.25, -0.2) is 9.98 Å². The summed E-state index contributed by atoms with van der Waals surface area (Å²) >= 11 is 0. The summed E-state index contributed by atoms with van der Waals surface area (Å²) in [6, 6.07) is 9.42. The van der Waals surface area contributed by atoms with Gasteiger partial charge in [-0.3, -0.25) is 0 Å². The number of rotatable bonds is 4. The predicted octanol–water partition coefficient (Wildman–Crippen LogP) is 3.57. The van der Waals surface area contributed by atoms with E-state index < -0.39 is 0 Å². The Balaban J connectivity index is 2.31. The Morgan fingerprint density at radius 2 is 2.16 bits per heavy atom. The van der Waals surface area contributed by atoms with E-state index in [0.29, 0.717) is 17.8 Å². The maximum Gasteiger partial charge on any atom is 0.154 e. The number of allylic oxidation sites excluding steroid dienone is 1. The van der Waals surface area contributed by atoms with Crippen molar-refractivity contribution in [2.24, 2.45) is 4.99 Å². The van der Waals surface area contributed by atoms with E-state index in [0.717, 1.165) is 11.1 Å². The third kappa shape index (κ3) is 3.07. The molecule has 1 N–H and O–H groups in total. The zero-order valence-corrected chi connectivity index (χ0v) is 10.9. The number of aromatic hydroxyl groups is 1. The second kappa shape index (κ2) is 5.96. The molecule has 1 aromatic carbocycles. The molecule has 0 saturated carbocycles. The number of pyridine rings is 1. The van der Waals surface area contributed by atoms with Gasteiger partial charge in [0.05, 0.1) is 0 Å². The molecule has 96 valence electrons. The molecule has 1 aromatic heterocycles. The first-order valence-electron chi connectivity index (χ1n) is 6.10. The molecule has 2 aromatic rings. The summed E-state index contributed by atoms with van der Waals surface area (Å²) in [4.78, 5) is 8.50. The number of hydrogen-bond acceptors (Lipinski definition) is 3. The second-order valence-corrected chi connectivity index (χ2v) is 4.25. The summed E-state index contributed by atoms with van der Waals surface area (Å²) < 4.78 is 0. The van der Waals surface area contributed by atoms with Crippen LogP contribution in [0.4, 0.5) is 5.82 Å². The van der Waals surface area contributed by atoms with E-state index in [1.54, 1.807) is 18.5 Å². The summed E-state index contributed by atoms with van der Waals surface area (Å²) in [7, 11) is 0. The van der Waals surface area contributed by atoms with Crippen molar-refractivity contribution in [1.82, 2.24) is 4.98 Å². The van der Waals surface area contributed by atoms with E-state index in [1.807, 2.05) is 37.3 Å². The molecule has 0 aliphatic rings. The fourth-order valence-electron chi connectivity index (χ4n) is 1.78. The highest BCUT2D eigenvalue weighted by atomic mass is 16.3. The molecule has 2 rings (SSSR count). The maximum atomic E-state index is 10.1. The quantitative estimate of drug-likeness (QED) is 0.667. The van der Waals surface area contributed by atoms with Crippen LogP contribution in [-0.2, 0) is 6.42 Å². The standard InChI is InChI=1S/C16H16N2O/c1-3-6-13-8-4-9-14(15(13)19)11-18-16-12(2)7-5-10-17-16/h3-5,7-11,19H,1,6H2,2H3/b18-11+. The van der Waals surface area contributed by atoms with Crippen LogP contribution in [0.2, 0.25) is 0 Å².